The van der Waals surface area contributed by atoms with Crippen molar-refractivity contribution >= 4 is 21.9 Å². The molecular weight excluding hydrogens is 358 g/mol. The van der Waals surface area contributed by atoms with Crippen LogP contribution in [-0.4, -0.2) is 78.1 Å². The van der Waals surface area contributed by atoms with E-state index in [-0.39, 0.29) is 30.3 Å². The number of carbonyl (C=O) groups is 2. The molecule has 1 saturated heterocycles. The van der Waals surface area contributed by atoms with E-state index in [9.17, 15) is 18.0 Å². The maximum atomic E-state index is 12.6. The number of unbranched alkanes of at least 4 members (excludes halogenated alkanes) is 1. The van der Waals surface area contributed by atoms with Gasteiger partial charge in [0.15, 0.2) is 0 Å². The molecule has 1 saturated carbocycles. The van der Waals surface area contributed by atoms with Crippen LogP contribution in [0.3, 0.4) is 0 Å². The van der Waals surface area contributed by atoms with Crippen LogP contribution in [0.15, 0.2) is 0 Å². The van der Waals surface area contributed by atoms with Crippen molar-refractivity contribution in [3.8, 4) is 0 Å². The molecule has 0 aromatic rings. The summed E-state index contributed by atoms with van der Waals surface area (Å²) in [4.78, 5) is 25.3. The zero-order valence-electron chi connectivity index (χ0n) is 15.7. The van der Waals surface area contributed by atoms with Crippen LogP contribution >= 0.6 is 0 Å². The number of hydrogen-bond acceptors (Lipinski definition) is 5. The van der Waals surface area contributed by atoms with Crippen molar-refractivity contribution in [2.75, 3.05) is 25.4 Å². The Morgan fingerprint density at radius 2 is 1.96 bits per heavy atom. The number of carbonyl (C=O) groups excluding carboxylic acids is 1. The number of aliphatic carboxylic acids is 1. The second-order valence-electron chi connectivity index (χ2n) is 7.23. The molecule has 1 unspecified atom stereocenters. The summed E-state index contributed by atoms with van der Waals surface area (Å²) in [5.41, 5.74) is 0. The highest BCUT2D eigenvalue weighted by Crippen LogP contribution is 2.27. The fourth-order valence-electron chi connectivity index (χ4n) is 3.75. The smallest absolute Gasteiger partial charge is 0.317 e. The van der Waals surface area contributed by atoms with E-state index in [2.05, 4.69) is 5.32 Å². The van der Waals surface area contributed by atoms with Crippen LogP contribution in [0.4, 0.5) is 0 Å². The first-order valence-electron chi connectivity index (χ1n) is 9.54. The van der Waals surface area contributed by atoms with E-state index in [0.717, 1.165) is 6.42 Å². The SMILES string of the molecule is CCCCS(=O)(=O)N1CCCC1C(=O)NC1CC(N(CC)CC(=O)O)C1. The largest absolute Gasteiger partial charge is 0.480 e. The van der Waals surface area contributed by atoms with E-state index in [1.54, 1.807) is 0 Å². The van der Waals surface area contributed by atoms with E-state index >= 15 is 0 Å². The van der Waals surface area contributed by atoms with Crippen molar-refractivity contribution in [1.82, 2.24) is 14.5 Å². The Morgan fingerprint density at radius 1 is 1.27 bits per heavy atom. The number of amides is 1. The lowest BCUT2D eigenvalue weighted by molar-refractivity contribution is -0.140. The molecule has 26 heavy (non-hydrogen) atoms. The molecule has 9 heteroatoms. The molecule has 150 valence electrons. The fourth-order valence-corrected chi connectivity index (χ4v) is 5.64. The summed E-state index contributed by atoms with van der Waals surface area (Å²) >= 11 is 0. The molecule has 2 aliphatic rings. The quantitative estimate of drug-likeness (QED) is 0.568. The van der Waals surface area contributed by atoms with Crippen molar-refractivity contribution in [2.24, 2.45) is 0 Å². The number of carboxylic acid groups (broad SMARTS) is 1. The molecule has 0 aromatic carbocycles. The third kappa shape index (κ3) is 5.17. The molecule has 1 aliphatic heterocycles. The number of sulfonamides is 1. The summed E-state index contributed by atoms with van der Waals surface area (Å²) in [6.45, 7) is 4.95. The average molecular weight is 390 g/mol. The normalized spacial score (nSPS) is 26.7. The summed E-state index contributed by atoms with van der Waals surface area (Å²) < 4.78 is 26.3. The predicted molar refractivity (Wildman–Crippen MR) is 98.3 cm³/mol. The van der Waals surface area contributed by atoms with Crippen LogP contribution in [0.5, 0.6) is 0 Å². The zero-order chi connectivity index (χ0) is 19.3. The molecule has 0 aromatic heterocycles. The lowest BCUT2D eigenvalue weighted by atomic mass is 9.85. The Morgan fingerprint density at radius 3 is 2.54 bits per heavy atom. The fraction of sp³-hybridized carbons (Fsp3) is 0.882. The average Bonchev–Trinajstić information content (AvgIpc) is 3.04. The van der Waals surface area contributed by atoms with Gasteiger partial charge >= 0.3 is 5.97 Å². The predicted octanol–water partition coefficient (Wildman–Crippen LogP) is 0.634. The Bertz CT molecular complexity index is 604. The van der Waals surface area contributed by atoms with Crippen molar-refractivity contribution in [3.05, 3.63) is 0 Å². The first-order valence-corrected chi connectivity index (χ1v) is 11.1. The number of hydrogen-bond donors (Lipinski definition) is 2. The van der Waals surface area contributed by atoms with E-state index in [1.807, 2.05) is 18.7 Å². The molecule has 2 rings (SSSR count). The summed E-state index contributed by atoms with van der Waals surface area (Å²) in [6.07, 6.45) is 4.10. The van der Waals surface area contributed by atoms with Crippen LogP contribution in [0, 0.1) is 0 Å². The molecule has 0 bridgehead atoms. The lowest BCUT2D eigenvalue weighted by Gasteiger charge is -2.42. The Kier molecular flexibility index (Phi) is 7.42. The van der Waals surface area contributed by atoms with Crippen molar-refractivity contribution < 1.29 is 23.1 Å². The van der Waals surface area contributed by atoms with Crippen LogP contribution in [0.2, 0.25) is 0 Å². The Balaban J connectivity index is 1.85. The van der Waals surface area contributed by atoms with Gasteiger partial charge in [0.05, 0.1) is 12.3 Å². The van der Waals surface area contributed by atoms with Gasteiger partial charge in [-0.25, -0.2) is 8.42 Å². The van der Waals surface area contributed by atoms with Gasteiger partial charge in [-0.1, -0.05) is 20.3 Å². The van der Waals surface area contributed by atoms with Gasteiger partial charge in [-0.2, -0.15) is 4.31 Å². The lowest BCUT2D eigenvalue weighted by Crippen LogP contribution is -2.57. The minimum Gasteiger partial charge on any atom is -0.480 e. The standard InChI is InChI=1S/C17H31N3O5S/c1-3-5-9-26(24,25)20-8-6-7-15(20)17(23)18-13-10-14(11-13)19(4-2)12-16(21)22/h13-15H,3-12H2,1-2H3,(H,18,23)(H,21,22). The molecule has 1 aliphatic carbocycles. The summed E-state index contributed by atoms with van der Waals surface area (Å²) in [6, 6.07) is -0.442. The minimum atomic E-state index is -3.38. The zero-order valence-corrected chi connectivity index (χ0v) is 16.5. The molecule has 8 nitrogen and oxygen atoms in total. The second kappa shape index (κ2) is 9.14. The Hall–Kier alpha value is -1.19. The molecule has 1 heterocycles. The van der Waals surface area contributed by atoms with Crippen molar-refractivity contribution in [1.29, 1.82) is 0 Å². The van der Waals surface area contributed by atoms with E-state index in [4.69, 9.17) is 5.11 Å². The molecule has 2 fully saturated rings. The molecule has 2 N–H and O–H groups in total. The maximum absolute atomic E-state index is 12.6. The van der Waals surface area contributed by atoms with Gasteiger partial charge in [0.2, 0.25) is 15.9 Å². The van der Waals surface area contributed by atoms with Crippen LogP contribution in [0.1, 0.15) is 52.4 Å². The highest BCUT2D eigenvalue weighted by Gasteiger charge is 2.41. The van der Waals surface area contributed by atoms with Gasteiger partial charge in [0.1, 0.15) is 6.04 Å². The third-order valence-electron chi connectivity index (χ3n) is 5.34. The van der Waals surface area contributed by atoms with Crippen molar-refractivity contribution in [3.63, 3.8) is 0 Å². The molecule has 0 radical (unpaired) electrons. The van der Waals surface area contributed by atoms with Crippen LogP contribution < -0.4 is 5.32 Å². The number of nitrogens with one attached hydrogen (secondary N) is 1. The number of likely N-dealkylation sites (N-methyl/N-ethyl adjacent to an activating group) is 1. The van der Waals surface area contributed by atoms with Gasteiger partial charge in [-0.3, -0.25) is 14.5 Å². The van der Waals surface area contributed by atoms with Gasteiger partial charge in [-0.05, 0) is 38.6 Å². The van der Waals surface area contributed by atoms with Crippen LogP contribution in [-0.2, 0) is 19.6 Å². The molecule has 1 atom stereocenters. The molecule has 1 amide bonds. The van der Waals surface area contributed by atoms with Gasteiger partial charge in [0, 0.05) is 18.6 Å². The topological polar surface area (TPSA) is 107 Å². The van der Waals surface area contributed by atoms with Gasteiger partial charge in [0.25, 0.3) is 0 Å². The monoisotopic (exact) mass is 389 g/mol. The van der Waals surface area contributed by atoms with Gasteiger partial charge in [-0.15, -0.1) is 0 Å². The summed E-state index contributed by atoms with van der Waals surface area (Å²) in [5, 5.41) is 11.9. The minimum absolute atomic E-state index is 0.00357. The van der Waals surface area contributed by atoms with E-state index < -0.39 is 22.0 Å². The summed E-state index contributed by atoms with van der Waals surface area (Å²) in [5.74, 6) is -0.968. The van der Waals surface area contributed by atoms with Crippen LogP contribution in [0.25, 0.3) is 0 Å². The maximum Gasteiger partial charge on any atom is 0.317 e. The number of carboxylic acids is 1. The summed E-state index contributed by atoms with van der Waals surface area (Å²) in [7, 11) is -3.38. The number of rotatable bonds is 10. The third-order valence-corrected chi connectivity index (χ3v) is 7.30. The highest BCUT2D eigenvalue weighted by atomic mass is 32.2. The highest BCUT2D eigenvalue weighted by molar-refractivity contribution is 7.89. The Labute approximate surface area is 156 Å². The van der Waals surface area contributed by atoms with E-state index in [1.165, 1.54) is 4.31 Å². The molecule has 0 spiro atoms. The van der Waals surface area contributed by atoms with Crippen molar-refractivity contribution in [2.45, 2.75) is 70.5 Å². The first kappa shape index (κ1) is 21.1. The van der Waals surface area contributed by atoms with E-state index in [0.29, 0.717) is 45.2 Å². The second-order valence-corrected chi connectivity index (χ2v) is 9.27. The van der Waals surface area contributed by atoms with Gasteiger partial charge < -0.3 is 10.4 Å². The number of nitrogens with zero attached hydrogens (tertiary/aromatic N) is 2. The molecular formula is C17H31N3O5S. The first-order chi connectivity index (χ1) is 12.3.